The third-order valence-corrected chi connectivity index (χ3v) is 2.76. The van der Waals surface area contributed by atoms with Crippen molar-refractivity contribution in [3.8, 4) is 0 Å². The molecule has 1 aliphatic heterocycles. The molecular formula is C9H16N2O3. The molecule has 1 amide bonds. The first kappa shape index (κ1) is 9.89. The van der Waals surface area contributed by atoms with Gasteiger partial charge in [0.2, 0.25) is 0 Å². The summed E-state index contributed by atoms with van der Waals surface area (Å²) in [6.07, 6.45) is 1.35. The number of nitrogens with one attached hydrogen (secondary N) is 2. The van der Waals surface area contributed by atoms with Crippen molar-refractivity contribution in [2.75, 3.05) is 26.3 Å². The van der Waals surface area contributed by atoms with Gasteiger partial charge in [-0.05, 0) is 12.8 Å². The van der Waals surface area contributed by atoms with Gasteiger partial charge in [0.25, 0.3) is 5.91 Å². The minimum atomic E-state index is -0.396. The normalized spacial score (nSPS) is 29.6. The van der Waals surface area contributed by atoms with Crippen molar-refractivity contribution in [2.24, 2.45) is 0 Å². The van der Waals surface area contributed by atoms with Crippen molar-refractivity contribution < 1.29 is 14.6 Å². The Bertz CT molecular complexity index is 222. The minimum absolute atomic E-state index is 0.0267. The lowest BCUT2D eigenvalue weighted by Gasteiger charge is -2.25. The quantitative estimate of drug-likeness (QED) is 0.525. The van der Waals surface area contributed by atoms with Crippen LogP contribution in [0.5, 0.6) is 0 Å². The lowest BCUT2D eigenvalue weighted by Crippen LogP contribution is -2.51. The Morgan fingerprint density at radius 2 is 2.43 bits per heavy atom. The summed E-state index contributed by atoms with van der Waals surface area (Å²) in [7, 11) is 0. The molecular weight excluding hydrogens is 184 g/mol. The van der Waals surface area contributed by atoms with E-state index in [1.165, 1.54) is 0 Å². The molecule has 0 bridgehead atoms. The summed E-state index contributed by atoms with van der Waals surface area (Å²) in [6.45, 7) is 1.96. The highest BCUT2D eigenvalue weighted by molar-refractivity contribution is 5.82. The first-order chi connectivity index (χ1) is 6.76. The largest absolute Gasteiger partial charge is 0.394 e. The maximum atomic E-state index is 11.6. The average molecular weight is 200 g/mol. The third-order valence-electron chi connectivity index (χ3n) is 2.76. The van der Waals surface area contributed by atoms with Crippen LogP contribution < -0.4 is 10.6 Å². The number of rotatable bonds is 3. The molecule has 2 rings (SSSR count). The number of hydrogen-bond acceptors (Lipinski definition) is 4. The van der Waals surface area contributed by atoms with Gasteiger partial charge in [-0.2, -0.15) is 0 Å². The molecule has 0 aromatic heterocycles. The average Bonchev–Trinajstić information content (AvgIpc) is 3.00. The van der Waals surface area contributed by atoms with E-state index in [-0.39, 0.29) is 18.1 Å². The SMILES string of the molecule is O=C(NC1(CO)CC1)C1CNCCO1. The van der Waals surface area contributed by atoms with Crippen LogP contribution in [0.2, 0.25) is 0 Å². The molecule has 1 saturated heterocycles. The van der Waals surface area contributed by atoms with Crippen LogP contribution in [0, 0.1) is 0 Å². The maximum absolute atomic E-state index is 11.6. The van der Waals surface area contributed by atoms with E-state index >= 15 is 0 Å². The number of aliphatic hydroxyl groups is 1. The van der Waals surface area contributed by atoms with Gasteiger partial charge in [-0.3, -0.25) is 4.79 Å². The second-order valence-electron chi connectivity index (χ2n) is 3.99. The molecule has 0 radical (unpaired) electrons. The number of carbonyl (C=O) groups is 1. The molecule has 80 valence electrons. The molecule has 2 fully saturated rings. The molecule has 1 saturated carbocycles. The van der Waals surface area contributed by atoms with Gasteiger partial charge in [-0.15, -0.1) is 0 Å². The highest BCUT2D eigenvalue weighted by Crippen LogP contribution is 2.34. The van der Waals surface area contributed by atoms with E-state index in [4.69, 9.17) is 9.84 Å². The van der Waals surface area contributed by atoms with E-state index in [9.17, 15) is 4.79 Å². The van der Waals surface area contributed by atoms with Gasteiger partial charge in [-0.25, -0.2) is 0 Å². The second-order valence-corrected chi connectivity index (χ2v) is 3.99. The van der Waals surface area contributed by atoms with Gasteiger partial charge in [0.05, 0.1) is 18.8 Å². The van der Waals surface area contributed by atoms with E-state index in [1.807, 2.05) is 0 Å². The number of aliphatic hydroxyl groups excluding tert-OH is 1. The summed E-state index contributed by atoms with van der Waals surface area (Å²) in [4.78, 5) is 11.6. The van der Waals surface area contributed by atoms with Crippen molar-refractivity contribution >= 4 is 5.91 Å². The van der Waals surface area contributed by atoms with Gasteiger partial charge in [0.15, 0.2) is 0 Å². The predicted molar refractivity (Wildman–Crippen MR) is 49.8 cm³/mol. The predicted octanol–water partition coefficient (Wildman–Crippen LogP) is -1.38. The number of hydrogen-bond donors (Lipinski definition) is 3. The van der Waals surface area contributed by atoms with Crippen LogP contribution in [-0.2, 0) is 9.53 Å². The van der Waals surface area contributed by atoms with Crippen LogP contribution in [0.3, 0.4) is 0 Å². The molecule has 0 aromatic rings. The van der Waals surface area contributed by atoms with Gasteiger partial charge in [0.1, 0.15) is 6.10 Å². The molecule has 14 heavy (non-hydrogen) atoms. The zero-order valence-corrected chi connectivity index (χ0v) is 8.08. The van der Waals surface area contributed by atoms with Crippen LogP contribution in [0.25, 0.3) is 0 Å². The first-order valence-corrected chi connectivity index (χ1v) is 5.01. The molecule has 5 heteroatoms. The molecule has 0 aromatic carbocycles. The van der Waals surface area contributed by atoms with E-state index < -0.39 is 6.10 Å². The van der Waals surface area contributed by atoms with Gasteiger partial charge < -0.3 is 20.5 Å². The van der Waals surface area contributed by atoms with Crippen molar-refractivity contribution in [1.29, 1.82) is 0 Å². The first-order valence-electron chi connectivity index (χ1n) is 5.01. The molecule has 0 spiro atoms. The Hall–Kier alpha value is -0.650. The Labute approximate surface area is 82.8 Å². The summed E-state index contributed by atoms with van der Waals surface area (Å²) in [5, 5.41) is 15.0. The Balaban J connectivity index is 1.82. The summed E-state index contributed by atoms with van der Waals surface area (Å²) in [5.41, 5.74) is -0.335. The van der Waals surface area contributed by atoms with E-state index in [0.29, 0.717) is 13.2 Å². The van der Waals surface area contributed by atoms with E-state index in [1.54, 1.807) is 0 Å². The lowest BCUT2D eigenvalue weighted by molar-refractivity contribution is -0.135. The van der Waals surface area contributed by atoms with E-state index in [2.05, 4.69) is 10.6 Å². The van der Waals surface area contributed by atoms with Gasteiger partial charge >= 0.3 is 0 Å². The standard InChI is InChI=1S/C9H16N2O3/c12-6-9(1-2-9)11-8(13)7-5-10-3-4-14-7/h7,10,12H,1-6H2,(H,11,13). The Kier molecular flexibility index (Phi) is 2.71. The zero-order valence-electron chi connectivity index (χ0n) is 8.08. The minimum Gasteiger partial charge on any atom is -0.394 e. The summed E-state index contributed by atoms with van der Waals surface area (Å²) >= 11 is 0. The Morgan fingerprint density at radius 3 is 2.93 bits per heavy atom. The number of ether oxygens (including phenoxy) is 1. The molecule has 1 atom stereocenters. The van der Waals surface area contributed by atoms with Crippen LogP contribution in [-0.4, -0.2) is 49.0 Å². The highest BCUT2D eigenvalue weighted by Gasteiger charge is 2.44. The van der Waals surface area contributed by atoms with Crippen LogP contribution in [0.4, 0.5) is 0 Å². The molecule has 2 aliphatic rings. The summed E-state index contributed by atoms with van der Waals surface area (Å²) in [5.74, 6) is -0.108. The topological polar surface area (TPSA) is 70.6 Å². The monoisotopic (exact) mass is 200 g/mol. The van der Waals surface area contributed by atoms with Gasteiger partial charge in [-0.1, -0.05) is 0 Å². The van der Waals surface area contributed by atoms with Crippen LogP contribution >= 0.6 is 0 Å². The second kappa shape index (κ2) is 3.84. The van der Waals surface area contributed by atoms with Crippen LogP contribution in [0.1, 0.15) is 12.8 Å². The summed E-state index contributed by atoms with van der Waals surface area (Å²) < 4.78 is 5.30. The smallest absolute Gasteiger partial charge is 0.250 e. The van der Waals surface area contributed by atoms with Crippen molar-refractivity contribution in [2.45, 2.75) is 24.5 Å². The third kappa shape index (κ3) is 2.05. The fourth-order valence-electron chi connectivity index (χ4n) is 1.55. The molecule has 5 nitrogen and oxygen atoms in total. The molecule has 1 unspecified atom stereocenters. The number of morpholine rings is 1. The zero-order chi connectivity index (χ0) is 10.0. The summed E-state index contributed by atoms with van der Waals surface area (Å²) in [6, 6.07) is 0. The number of carbonyl (C=O) groups excluding carboxylic acids is 1. The fourth-order valence-corrected chi connectivity index (χ4v) is 1.55. The molecule has 1 heterocycles. The van der Waals surface area contributed by atoms with Crippen molar-refractivity contribution in [1.82, 2.24) is 10.6 Å². The lowest BCUT2D eigenvalue weighted by atomic mass is 10.2. The van der Waals surface area contributed by atoms with Crippen molar-refractivity contribution in [3.63, 3.8) is 0 Å². The maximum Gasteiger partial charge on any atom is 0.250 e. The molecule has 3 N–H and O–H groups in total. The molecule has 1 aliphatic carbocycles. The van der Waals surface area contributed by atoms with Crippen LogP contribution in [0.15, 0.2) is 0 Å². The van der Waals surface area contributed by atoms with Crippen molar-refractivity contribution in [3.05, 3.63) is 0 Å². The fraction of sp³-hybridized carbons (Fsp3) is 0.889. The van der Waals surface area contributed by atoms with Gasteiger partial charge in [0, 0.05) is 13.1 Å². The Morgan fingerprint density at radius 1 is 1.64 bits per heavy atom. The van der Waals surface area contributed by atoms with E-state index in [0.717, 1.165) is 19.4 Å². The highest BCUT2D eigenvalue weighted by atomic mass is 16.5. The number of amides is 1.